The van der Waals surface area contributed by atoms with Crippen molar-refractivity contribution >= 4 is 5.82 Å². The van der Waals surface area contributed by atoms with Crippen molar-refractivity contribution < 1.29 is 8.94 Å². The van der Waals surface area contributed by atoms with Gasteiger partial charge in [0.05, 0.1) is 12.8 Å². The Morgan fingerprint density at radius 3 is 3.14 bits per heavy atom. The number of nitrogens with two attached hydrogens (primary N) is 1. The Bertz CT molecular complexity index is 380. The molecule has 0 spiro atoms. The number of hydrogen-bond acceptors (Lipinski definition) is 5. The number of nitrogens with one attached hydrogen (secondary N) is 1. The lowest BCUT2D eigenvalue weighted by Gasteiger charge is -2.00. The van der Waals surface area contributed by atoms with E-state index in [1.54, 1.807) is 6.26 Å². The highest BCUT2D eigenvalue weighted by Gasteiger charge is 2.05. The van der Waals surface area contributed by atoms with Gasteiger partial charge in [0, 0.05) is 12.1 Å². The molecule has 14 heavy (non-hydrogen) atoms. The summed E-state index contributed by atoms with van der Waals surface area (Å²) in [7, 11) is 0. The van der Waals surface area contributed by atoms with Crippen molar-refractivity contribution in [3.05, 3.63) is 36.0 Å². The average molecular weight is 193 g/mol. The molecule has 0 fully saturated rings. The smallest absolute Gasteiger partial charge is 0.174 e. The lowest BCUT2D eigenvalue weighted by molar-refractivity contribution is 0.420. The van der Waals surface area contributed by atoms with Crippen molar-refractivity contribution in [2.45, 2.75) is 13.1 Å². The van der Waals surface area contributed by atoms with Gasteiger partial charge in [0.1, 0.15) is 12.0 Å². The minimum atomic E-state index is 0.407. The maximum Gasteiger partial charge on any atom is 0.174 e. The second-order valence-electron chi connectivity index (χ2n) is 2.83. The molecular weight excluding hydrogens is 182 g/mol. The van der Waals surface area contributed by atoms with Crippen molar-refractivity contribution in [2.24, 2.45) is 5.73 Å². The summed E-state index contributed by atoms with van der Waals surface area (Å²) >= 11 is 0. The molecular formula is C9H11N3O2. The first-order valence-corrected chi connectivity index (χ1v) is 4.29. The van der Waals surface area contributed by atoms with Gasteiger partial charge in [0.15, 0.2) is 5.82 Å². The Morgan fingerprint density at radius 1 is 1.50 bits per heavy atom. The minimum absolute atomic E-state index is 0.407. The zero-order chi connectivity index (χ0) is 9.80. The SMILES string of the molecule is NCc1conc1NCc1ccco1. The fourth-order valence-corrected chi connectivity index (χ4v) is 1.13. The van der Waals surface area contributed by atoms with Crippen LogP contribution >= 0.6 is 0 Å². The van der Waals surface area contributed by atoms with Crippen LogP contribution in [0, 0.1) is 0 Å². The van der Waals surface area contributed by atoms with Crippen LogP contribution in [-0.2, 0) is 13.1 Å². The Hall–Kier alpha value is -1.75. The molecule has 0 radical (unpaired) electrons. The zero-order valence-corrected chi connectivity index (χ0v) is 7.56. The van der Waals surface area contributed by atoms with Crippen molar-refractivity contribution in [3.8, 4) is 0 Å². The first kappa shape index (κ1) is 8.83. The number of aromatic nitrogens is 1. The summed E-state index contributed by atoms with van der Waals surface area (Å²) in [6.45, 7) is 0.983. The predicted octanol–water partition coefficient (Wildman–Crippen LogP) is 1.34. The Labute approximate surface area is 80.9 Å². The molecule has 2 aromatic heterocycles. The molecule has 2 heterocycles. The lowest BCUT2D eigenvalue weighted by Crippen LogP contribution is -2.03. The molecule has 0 aliphatic carbocycles. The van der Waals surface area contributed by atoms with E-state index in [4.69, 9.17) is 14.7 Å². The summed E-state index contributed by atoms with van der Waals surface area (Å²) in [4.78, 5) is 0. The summed E-state index contributed by atoms with van der Waals surface area (Å²) in [6.07, 6.45) is 3.16. The van der Waals surface area contributed by atoms with Crippen LogP contribution < -0.4 is 11.1 Å². The first-order chi connectivity index (χ1) is 6.90. The van der Waals surface area contributed by atoms with Crippen LogP contribution in [0.15, 0.2) is 33.6 Å². The van der Waals surface area contributed by atoms with Gasteiger partial charge in [0.25, 0.3) is 0 Å². The van der Waals surface area contributed by atoms with Crippen LogP contribution in [0.5, 0.6) is 0 Å². The molecule has 2 rings (SSSR count). The van der Waals surface area contributed by atoms with Gasteiger partial charge in [-0.25, -0.2) is 0 Å². The molecule has 5 heteroatoms. The largest absolute Gasteiger partial charge is 0.467 e. The van der Waals surface area contributed by atoms with Crippen LogP contribution in [-0.4, -0.2) is 5.16 Å². The van der Waals surface area contributed by atoms with Gasteiger partial charge in [-0.2, -0.15) is 0 Å². The third kappa shape index (κ3) is 1.77. The van der Waals surface area contributed by atoms with Crippen LogP contribution in [0.4, 0.5) is 5.82 Å². The topological polar surface area (TPSA) is 77.2 Å². The summed E-state index contributed by atoms with van der Waals surface area (Å²) in [6, 6.07) is 3.72. The van der Waals surface area contributed by atoms with Gasteiger partial charge in [-0.3, -0.25) is 0 Å². The van der Waals surface area contributed by atoms with E-state index in [0.717, 1.165) is 11.3 Å². The number of rotatable bonds is 4. The summed E-state index contributed by atoms with van der Waals surface area (Å²) < 4.78 is 9.94. The van der Waals surface area contributed by atoms with Crippen molar-refractivity contribution in [3.63, 3.8) is 0 Å². The summed E-state index contributed by atoms with van der Waals surface area (Å²) in [5.74, 6) is 1.51. The average Bonchev–Trinajstić information content (AvgIpc) is 2.85. The lowest BCUT2D eigenvalue weighted by atomic mass is 10.3. The standard InChI is InChI=1S/C9H11N3O2/c10-4-7-6-14-12-9(7)11-5-8-2-1-3-13-8/h1-3,6H,4-5,10H2,(H,11,12). The van der Waals surface area contributed by atoms with Crippen LogP contribution in [0.1, 0.15) is 11.3 Å². The quantitative estimate of drug-likeness (QED) is 0.766. The van der Waals surface area contributed by atoms with E-state index in [1.807, 2.05) is 12.1 Å². The molecule has 0 aromatic carbocycles. The maximum atomic E-state index is 5.48. The molecule has 5 nitrogen and oxygen atoms in total. The van der Waals surface area contributed by atoms with Crippen LogP contribution in [0.25, 0.3) is 0 Å². The van der Waals surface area contributed by atoms with E-state index in [9.17, 15) is 0 Å². The fraction of sp³-hybridized carbons (Fsp3) is 0.222. The van der Waals surface area contributed by atoms with E-state index >= 15 is 0 Å². The molecule has 0 unspecified atom stereocenters. The predicted molar refractivity (Wildman–Crippen MR) is 50.4 cm³/mol. The first-order valence-electron chi connectivity index (χ1n) is 4.29. The Morgan fingerprint density at radius 2 is 2.43 bits per heavy atom. The van der Waals surface area contributed by atoms with Gasteiger partial charge < -0.3 is 20.0 Å². The van der Waals surface area contributed by atoms with E-state index in [1.165, 1.54) is 6.26 Å². The molecule has 0 aliphatic rings. The molecule has 0 saturated carbocycles. The maximum absolute atomic E-state index is 5.48. The van der Waals surface area contributed by atoms with Crippen LogP contribution in [0.2, 0.25) is 0 Å². The van der Waals surface area contributed by atoms with E-state index in [2.05, 4.69) is 10.5 Å². The van der Waals surface area contributed by atoms with Gasteiger partial charge in [-0.05, 0) is 12.1 Å². The highest BCUT2D eigenvalue weighted by Crippen LogP contribution is 2.13. The van der Waals surface area contributed by atoms with Crippen molar-refractivity contribution in [2.75, 3.05) is 5.32 Å². The second-order valence-corrected chi connectivity index (χ2v) is 2.83. The molecule has 0 atom stereocenters. The number of furan rings is 1. The Kier molecular flexibility index (Phi) is 2.51. The van der Waals surface area contributed by atoms with Gasteiger partial charge in [0.2, 0.25) is 0 Å². The molecule has 0 saturated heterocycles. The molecule has 2 aromatic rings. The summed E-state index contributed by atoms with van der Waals surface area (Å²) in [5.41, 5.74) is 6.34. The normalized spacial score (nSPS) is 10.4. The highest BCUT2D eigenvalue weighted by molar-refractivity contribution is 5.41. The van der Waals surface area contributed by atoms with Crippen LogP contribution in [0.3, 0.4) is 0 Å². The number of hydrogen-bond donors (Lipinski definition) is 2. The minimum Gasteiger partial charge on any atom is -0.467 e. The zero-order valence-electron chi connectivity index (χ0n) is 7.56. The molecule has 0 amide bonds. The fourth-order valence-electron chi connectivity index (χ4n) is 1.13. The third-order valence-electron chi connectivity index (χ3n) is 1.87. The third-order valence-corrected chi connectivity index (χ3v) is 1.87. The monoisotopic (exact) mass is 193 g/mol. The molecule has 0 bridgehead atoms. The molecule has 3 N–H and O–H groups in total. The number of nitrogens with zero attached hydrogens (tertiary/aromatic N) is 1. The van der Waals surface area contributed by atoms with Crippen molar-refractivity contribution in [1.29, 1.82) is 0 Å². The van der Waals surface area contributed by atoms with E-state index in [-0.39, 0.29) is 0 Å². The molecule has 0 aliphatic heterocycles. The summed E-state index contributed by atoms with van der Waals surface area (Å²) in [5, 5.41) is 6.85. The second kappa shape index (κ2) is 3.97. The van der Waals surface area contributed by atoms with E-state index in [0.29, 0.717) is 18.9 Å². The van der Waals surface area contributed by atoms with Gasteiger partial charge in [-0.15, -0.1) is 0 Å². The van der Waals surface area contributed by atoms with Gasteiger partial charge in [-0.1, -0.05) is 5.16 Å². The highest BCUT2D eigenvalue weighted by atomic mass is 16.5. The molecule has 74 valence electrons. The van der Waals surface area contributed by atoms with Crippen molar-refractivity contribution in [1.82, 2.24) is 5.16 Å². The number of anilines is 1. The Balaban J connectivity index is 1.98. The van der Waals surface area contributed by atoms with Gasteiger partial charge >= 0.3 is 0 Å². The van der Waals surface area contributed by atoms with E-state index < -0.39 is 0 Å².